The Hall–Kier alpha value is -1.55. The van der Waals surface area contributed by atoms with Crippen LogP contribution >= 0.6 is 11.8 Å². The molecule has 4 heteroatoms. The normalized spacial score (nSPS) is 32.9. The number of hydrogen-bond acceptors (Lipinski definition) is 3. The van der Waals surface area contributed by atoms with Gasteiger partial charge in [-0.25, -0.2) is 0 Å². The summed E-state index contributed by atoms with van der Waals surface area (Å²) in [5.41, 5.74) is 1.11. The lowest BCUT2D eigenvalue weighted by Gasteiger charge is -2.56. The number of nitrogens with zero attached hydrogens (tertiary/aromatic N) is 1. The number of fused-ring (bicyclic) bond motifs is 1. The van der Waals surface area contributed by atoms with Crippen molar-refractivity contribution < 1.29 is 4.79 Å². The van der Waals surface area contributed by atoms with Crippen LogP contribution in [0, 0.1) is 17.8 Å². The summed E-state index contributed by atoms with van der Waals surface area (Å²) in [4.78, 5) is 18.3. The minimum Gasteiger partial charge on any atom is -0.350 e. The van der Waals surface area contributed by atoms with Gasteiger partial charge in [0.25, 0.3) is 0 Å². The van der Waals surface area contributed by atoms with Crippen molar-refractivity contribution in [3.63, 3.8) is 0 Å². The maximum atomic E-state index is 12.7. The molecule has 4 saturated carbocycles. The third kappa shape index (κ3) is 2.95. The summed E-state index contributed by atoms with van der Waals surface area (Å²) in [7, 11) is 0. The molecule has 0 saturated heterocycles. The van der Waals surface area contributed by atoms with Gasteiger partial charge in [0.2, 0.25) is 5.91 Å². The van der Waals surface area contributed by atoms with Gasteiger partial charge in [-0.05, 0) is 68.4 Å². The van der Waals surface area contributed by atoms with Gasteiger partial charge < -0.3 is 5.32 Å². The number of amides is 1. The summed E-state index contributed by atoms with van der Waals surface area (Å²) in [6.07, 6.45) is 9.69. The van der Waals surface area contributed by atoms with Crippen LogP contribution in [0.2, 0.25) is 0 Å². The van der Waals surface area contributed by atoms with Crippen LogP contribution in [0.4, 0.5) is 0 Å². The van der Waals surface area contributed by atoms with Gasteiger partial charge in [0.05, 0.1) is 11.3 Å². The third-order valence-corrected chi connectivity index (χ3v) is 7.44. The van der Waals surface area contributed by atoms with Gasteiger partial charge in [-0.1, -0.05) is 18.2 Å². The zero-order valence-corrected chi connectivity index (χ0v) is 15.2. The van der Waals surface area contributed by atoms with Crippen molar-refractivity contribution in [3.05, 3.63) is 36.5 Å². The van der Waals surface area contributed by atoms with Crippen LogP contribution in [0.15, 0.2) is 41.4 Å². The molecular formula is C21H24N2OS. The second kappa shape index (κ2) is 6.01. The van der Waals surface area contributed by atoms with E-state index in [1.165, 1.54) is 38.5 Å². The number of thioether (sulfide) groups is 1. The zero-order valence-electron chi connectivity index (χ0n) is 14.4. The summed E-state index contributed by atoms with van der Waals surface area (Å²) >= 11 is 1.61. The van der Waals surface area contributed by atoms with Crippen molar-refractivity contribution in [2.75, 3.05) is 5.75 Å². The standard InChI is InChI=1S/C21H24N2OS/c24-19(13-25-18-5-1-3-17-4-2-6-22-20(17)18)23-21-10-14-7-15(11-21)9-16(8-14)12-21/h1-6,14-16H,7-13H2,(H,23,24). The van der Waals surface area contributed by atoms with Gasteiger partial charge in [-0.2, -0.15) is 0 Å². The Labute approximate surface area is 153 Å². The van der Waals surface area contributed by atoms with Gasteiger partial charge in [0.15, 0.2) is 0 Å². The number of nitrogens with one attached hydrogen (secondary N) is 1. The first-order valence-corrected chi connectivity index (χ1v) is 10.5. The topological polar surface area (TPSA) is 42.0 Å². The molecule has 1 amide bonds. The number of para-hydroxylation sites is 1. The minimum absolute atomic E-state index is 0.114. The van der Waals surface area contributed by atoms with Crippen LogP contribution in [-0.4, -0.2) is 22.2 Å². The number of rotatable bonds is 4. The molecule has 0 aliphatic heterocycles. The average molecular weight is 353 g/mol. The fourth-order valence-electron chi connectivity index (χ4n) is 5.93. The summed E-state index contributed by atoms with van der Waals surface area (Å²) in [5, 5.41) is 4.60. The lowest BCUT2D eigenvalue weighted by Crippen LogP contribution is -2.60. The molecule has 1 heterocycles. The molecule has 4 fully saturated rings. The molecule has 0 spiro atoms. The van der Waals surface area contributed by atoms with Crippen LogP contribution in [0.5, 0.6) is 0 Å². The van der Waals surface area contributed by atoms with Crippen LogP contribution in [0.1, 0.15) is 38.5 Å². The predicted octanol–water partition coefficient (Wildman–Crippen LogP) is 4.41. The number of aromatic nitrogens is 1. The summed E-state index contributed by atoms with van der Waals surface area (Å²) in [5.74, 6) is 3.27. The van der Waals surface area contributed by atoms with E-state index in [1.807, 2.05) is 18.3 Å². The van der Waals surface area contributed by atoms with Crippen LogP contribution in [0.25, 0.3) is 10.9 Å². The molecule has 1 aromatic heterocycles. The largest absolute Gasteiger partial charge is 0.350 e. The SMILES string of the molecule is O=C(CSc1cccc2cccnc12)NC12CC3CC(CC(C3)C1)C2. The Bertz CT molecular complexity index is 778. The molecule has 0 unspecified atom stereocenters. The highest BCUT2D eigenvalue weighted by molar-refractivity contribution is 8.00. The fraction of sp³-hybridized carbons (Fsp3) is 0.524. The first-order chi connectivity index (χ1) is 12.2. The van der Waals surface area contributed by atoms with Gasteiger partial charge in [-0.3, -0.25) is 9.78 Å². The van der Waals surface area contributed by atoms with Gasteiger partial charge >= 0.3 is 0 Å². The summed E-state index contributed by atoms with van der Waals surface area (Å²) < 4.78 is 0. The number of hydrogen-bond donors (Lipinski definition) is 1. The van der Waals surface area contributed by atoms with E-state index in [0.29, 0.717) is 5.75 Å². The number of carbonyl (C=O) groups is 1. The van der Waals surface area contributed by atoms with E-state index >= 15 is 0 Å². The van der Waals surface area contributed by atoms with Crippen molar-refractivity contribution in [2.45, 2.75) is 49.0 Å². The molecular weight excluding hydrogens is 328 g/mol. The lowest BCUT2D eigenvalue weighted by molar-refractivity contribution is -0.124. The quantitative estimate of drug-likeness (QED) is 0.829. The number of carbonyl (C=O) groups excluding carboxylic acids is 1. The Morgan fingerprint density at radius 2 is 1.76 bits per heavy atom. The van der Waals surface area contributed by atoms with Crippen LogP contribution in [-0.2, 0) is 4.79 Å². The third-order valence-electron chi connectivity index (χ3n) is 6.40. The zero-order chi connectivity index (χ0) is 16.9. The predicted molar refractivity (Wildman–Crippen MR) is 102 cm³/mol. The van der Waals surface area contributed by atoms with Crippen molar-refractivity contribution in [2.24, 2.45) is 17.8 Å². The second-order valence-corrected chi connectivity index (χ2v) is 9.38. The molecule has 1 aromatic carbocycles. The van der Waals surface area contributed by atoms with Gasteiger partial charge in [0, 0.05) is 22.0 Å². The Balaban J connectivity index is 1.27. The molecule has 6 rings (SSSR count). The number of pyridine rings is 1. The fourth-order valence-corrected chi connectivity index (χ4v) is 6.77. The first kappa shape index (κ1) is 15.7. The highest BCUT2D eigenvalue weighted by atomic mass is 32.2. The molecule has 4 aliphatic rings. The maximum absolute atomic E-state index is 12.7. The smallest absolute Gasteiger partial charge is 0.230 e. The Kier molecular flexibility index (Phi) is 3.77. The molecule has 0 radical (unpaired) electrons. The van der Waals surface area contributed by atoms with E-state index in [1.54, 1.807) is 11.8 Å². The van der Waals surface area contributed by atoms with Crippen molar-refractivity contribution in [1.82, 2.24) is 10.3 Å². The molecule has 1 N–H and O–H groups in total. The average Bonchev–Trinajstić information content (AvgIpc) is 2.58. The van der Waals surface area contributed by atoms with E-state index in [4.69, 9.17) is 0 Å². The molecule has 25 heavy (non-hydrogen) atoms. The van der Waals surface area contributed by atoms with Crippen molar-refractivity contribution in [3.8, 4) is 0 Å². The van der Waals surface area contributed by atoms with Crippen molar-refractivity contribution >= 4 is 28.6 Å². The van der Waals surface area contributed by atoms with Crippen molar-refractivity contribution in [1.29, 1.82) is 0 Å². The monoisotopic (exact) mass is 352 g/mol. The molecule has 3 nitrogen and oxygen atoms in total. The van der Waals surface area contributed by atoms with Crippen LogP contribution in [0.3, 0.4) is 0 Å². The van der Waals surface area contributed by atoms with Gasteiger partial charge in [0.1, 0.15) is 0 Å². The maximum Gasteiger partial charge on any atom is 0.230 e. The second-order valence-electron chi connectivity index (χ2n) is 8.37. The molecule has 2 aromatic rings. The molecule has 0 atom stereocenters. The van der Waals surface area contributed by atoms with E-state index in [2.05, 4.69) is 28.5 Å². The summed E-state index contributed by atoms with van der Waals surface area (Å²) in [6.45, 7) is 0. The van der Waals surface area contributed by atoms with E-state index in [-0.39, 0.29) is 11.4 Å². The van der Waals surface area contributed by atoms with E-state index in [0.717, 1.165) is 33.6 Å². The highest BCUT2D eigenvalue weighted by Gasteiger charge is 2.51. The van der Waals surface area contributed by atoms with Gasteiger partial charge in [-0.15, -0.1) is 11.8 Å². The Morgan fingerprint density at radius 3 is 2.48 bits per heavy atom. The minimum atomic E-state index is 0.114. The number of benzene rings is 1. The van der Waals surface area contributed by atoms with E-state index < -0.39 is 0 Å². The molecule has 130 valence electrons. The lowest BCUT2D eigenvalue weighted by atomic mass is 9.53. The first-order valence-electron chi connectivity index (χ1n) is 9.47. The van der Waals surface area contributed by atoms with Crippen LogP contribution < -0.4 is 5.32 Å². The summed E-state index contributed by atoms with van der Waals surface area (Å²) in [6, 6.07) is 10.2. The molecule has 4 aliphatic carbocycles. The Morgan fingerprint density at radius 1 is 1.08 bits per heavy atom. The van der Waals surface area contributed by atoms with E-state index in [9.17, 15) is 4.79 Å². The highest BCUT2D eigenvalue weighted by Crippen LogP contribution is 2.55. The molecule has 4 bridgehead atoms.